The third-order valence-corrected chi connectivity index (χ3v) is 1.45. The summed E-state index contributed by atoms with van der Waals surface area (Å²) in [5.41, 5.74) is 0.0937. The van der Waals surface area contributed by atoms with E-state index in [9.17, 15) is 4.79 Å². The van der Waals surface area contributed by atoms with E-state index in [-0.39, 0.29) is 5.41 Å². The Balaban J connectivity index is 3.63. The maximum atomic E-state index is 10.2. The van der Waals surface area contributed by atoms with Crippen molar-refractivity contribution in [3.8, 4) is 0 Å². The van der Waals surface area contributed by atoms with Crippen molar-refractivity contribution in [3.63, 3.8) is 0 Å². The summed E-state index contributed by atoms with van der Waals surface area (Å²) >= 11 is 0. The highest BCUT2D eigenvalue weighted by atomic mass is 16.4. The fraction of sp³-hybridized carbons (Fsp3) is 0.875. The van der Waals surface area contributed by atoms with Gasteiger partial charge >= 0.3 is 5.97 Å². The second-order valence-corrected chi connectivity index (χ2v) is 3.95. The molecule has 0 rings (SSSR count). The van der Waals surface area contributed by atoms with Crippen molar-refractivity contribution in [2.45, 2.75) is 39.7 Å². The third-order valence-electron chi connectivity index (χ3n) is 1.45. The standard InChI is InChI=1S/C8H16O3/c1-8(2,3)5-4-6(9)7(10)11/h6,9H,4-5H2,1-3H3,(H,10,11)/t6-/m0/s1. The quantitative estimate of drug-likeness (QED) is 0.653. The predicted octanol–water partition coefficient (Wildman–Crippen LogP) is 1.26. The van der Waals surface area contributed by atoms with Gasteiger partial charge in [-0.15, -0.1) is 0 Å². The molecule has 0 aliphatic carbocycles. The summed E-state index contributed by atoms with van der Waals surface area (Å²) < 4.78 is 0. The molecule has 0 aliphatic rings. The van der Waals surface area contributed by atoms with Crippen LogP contribution in [0.2, 0.25) is 0 Å². The number of hydrogen-bond acceptors (Lipinski definition) is 2. The maximum Gasteiger partial charge on any atom is 0.332 e. The SMILES string of the molecule is CC(C)(C)CC[C@H](O)C(=O)O. The second-order valence-electron chi connectivity index (χ2n) is 3.95. The van der Waals surface area contributed by atoms with Crippen molar-refractivity contribution >= 4 is 5.97 Å². The fourth-order valence-electron chi connectivity index (χ4n) is 0.693. The van der Waals surface area contributed by atoms with Gasteiger partial charge in [-0.3, -0.25) is 0 Å². The number of carboxylic acid groups (broad SMARTS) is 1. The molecular weight excluding hydrogens is 144 g/mol. The lowest BCUT2D eigenvalue weighted by Crippen LogP contribution is -2.21. The van der Waals surface area contributed by atoms with Gasteiger partial charge in [0.1, 0.15) is 0 Å². The molecule has 0 amide bonds. The van der Waals surface area contributed by atoms with Crippen LogP contribution < -0.4 is 0 Å². The lowest BCUT2D eigenvalue weighted by molar-refractivity contribution is -0.147. The molecule has 0 aromatic rings. The van der Waals surface area contributed by atoms with E-state index in [1.165, 1.54) is 0 Å². The molecule has 0 radical (unpaired) electrons. The number of hydrogen-bond donors (Lipinski definition) is 2. The second kappa shape index (κ2) is 3.72. The van der Waals surface area contributed by atoms with E-state index >= 15 is 0 Å². The monoisotopic (exact) mass is 160 g/mol. The van der Waals surface area contributed by atoms with Gasteiger partial charge in [0.25, 0.3) is 0 Å². The summed E-state index contributed by atoms with van der Waals surface area (Å²) in [4.78, 5) is 10.2. The normalized spacial score (nSPS) is 14.5. The molecule has 0 bridgehead atoms. The molecule has 2 N–H and O–H groups in total. The van der Waals surface area contributed by atoms with Crippen LogP contribution in [0.25, 0.3) is 0 Å². The molecular formula is C8H16O3. The molecule has 0 spiro atoms. The highest BCUT2D eigenvalue weighted by Gasteiger charge is 2.17. The van der Waals surface area contributed by atoms with Crippen molar-refractivity contribution in [2.24, 2.45) is 5.41 Å². The van der Waals surface area contributed by atoms with E-state index in [1.807, 2.05) is 20.8 Å². The van der Waals surface area contributed by atoms with Crippen molar-refractivity contribution in [1.82, 2.24) is 0 Å². The molecule has 11 heavy (non-hydrogen) atoms. The fourth-order valence-corrected chi connectivity index (χ4v) is 0.693. The van der Waals surface area contributed by atoms with Crippen LogP contribution in [0.3, 0.4) is 0 Å². The van der Waals surface area contributed by atoms with Gasteiger partial charge in [0.15, 0.2) is 6.10 Å². The maximum absolute atomic E-state index is 10.2. The van der Waals surface area contributed by atoms with Crippen molar-refractivity contribution in [2.75, 3.05) is 0 Å². The van der Waals surface area contributed by atoms with Gasteiger partial charge in [-0.2, -0.15) is 0 Å². The van der Waals surface area contributed by atoms with E-state index in [1.54, 1.807) is 0 Å². The Morgan fingerprint density at radius 1 is 1.45 bits per heavy atom. The van der Waals surface area contributed by atoms with Crippen molar-refractivity contribution in [1.29, 1.82) is 0 Å². The molecule has 3 nitrogen and oxygen atoms in total. The highest BCUT2D eigenvalue weighted by Crippen LogP contribution is 2.21. The Hall–Kier alpha value is -0.570. The van der Waals surface area contributed by atoms with Gasteiger partial charge in [0, 0.05) is 0 Å². The van der Waals surface area contributed by atoms with E-state index in [4.69, 9.17) is 10.2 Å². The van der Waals surface area contributed by atoms with Crippen LogP contribution in [0.1, 0.15) is 33.6 Å². The van der Waals surface area contributed by atoms with E-state index in [2.05, 4.69) is 0 Å². The van der Waals surface area contributed by atoms with Gasteiger partial charge in [0.2, 0.25) is 0 Å². The van der Waals surface area contributed by atoms with Crippen LogP contribution >= 0.6 is 0 Å². The average Bonchev–Trinajstić information content (AvgIpc) is 1.80. The Bertz CT molecular complexity index is 135. The summed E-state index contributed by atoms with van der Waals surface area (Å²) in [6, 6.07) is 0. The summed E-state index contributed by atoms with van der Waals surface area (Å²) in [5, 5.41) is 17.2. The Labute approximate surface area is 67.0 Å². The first-order valence-electron chi connectivity index (χ1n) is 3.74. The minimum atomic E-state index is -1.20. The zero-order chi connectivity index (χ0) is 9.07. The largest absolute Gasteiger partial charge is 0.479 e. The minimum absolute atomic E-state index is 0.0937. The van der Waals surface area contributed by atoms with Crippen LogP contribution in [0.5, 0.6) is 0 Å². The van der Waals surface area contributed by atoms with Gasteiger partial charge < -0.3 is 10.2 Å². The first kappa shape index (κ1) is 10.4. The zero-order valence-corrected chi connectivity index (χ0v) is 7.29. The van der Waals surface area contributed by atoms with Gasteiger partial charge in [-0.05, 0) is 18.3 Å². The number of aliphatic hydroxyl groups excluding tert-OH is 1. The number of aliphatic hydroxyl groups is 1. The lowest BCUT2D eigenvalue weighted by Gasteiger charge is -2.18. The van der Waals surface area contributed by atoms with Crippen LogP contribution in [-0.2, 0) is 4.79 Å². The smallest absolute Gasteiger partial charge is 0.332 e. The van der Waals surface area contributed by atoms with Crippen LogP contribution in [0.15, 0.2) is 0 Å². The molecule has 0 unspecified atom stereocenters. The summed E-state index contributed by atoms with van der Waals surface area (Å²) in [6.07, 6.45) is -0.145. The first-order chi connectivity index (χ1) is 4.83. The molecule has 0 aromatic carbocycles. The highest BCUT2D eigenvalue weighted by molar-refractivity contribution is 5.71. The summed E-state index contributed by atoms with van der Waals surface area (Å²) in [5.74, 6) is -1.13. The minimum Gasteiger partial charge on any atom is -0.479 e. The number of rotatable bonds is 3. The first-order valence-corrected chi connectivity index (χ1v) is 3.74. The van der Waals surface area contributed by atoms with E-state index in [0.29, 0.717) is 6.42 Å². The van der Waals surface area contributed by atoms with Gasteiger partial charge in [-0.1, -0.05) is 20.8 Å². The molecule has 1 atom stereocenters. The van der Waals surface area contributed by atoms with Crippen LogP contribution in [-0.4, -0.2) is 22.3 Å². The summed E-state index contributed by atoms with van der Waals surface area (Å²) in [6.45, 7) is 6.05. The van der Waals surface area contributed by atoms with Gasteiger partial charge in [0.05, 0.1) is 0 Å². The van der Waals surface area contributed by atoms with Gasteiger partial charge in [-0.25, -0.2) is 4.79 Å². The molecule has 0 aliphatic heterocycles. The van der Waals surface area contributed by atoms with Crippen molar-refractivity contribution < 1.29 is 15.0 Å². The Morgan fingerprint density at radius 2 is 1.91 bits per heavy atom. The van der Waals surface area contributed by atoms with Crippen LogP contribution in [0.4, 0.5) is 0 Å². The molecule has 66 valence electrons. The molecule has 0 fully saturated rings. The van der Waals surface area contributed by atoms with Crippen LogP contribution in [0, 0.1) is 5.41 Å². The Kier molecular flexibility index (Phi) is 3.52. The third kappa shape index (κ3) is 5.85. The zero-order valence-electron chi connectivity index (χ0n) is 7.29. The molecule has 0 saturated carbocycles. The summed E-state index contributed by atoms with van der Waals surface area (Å²) in [7, 11) is 0. The molecule has 0 heterocycles. The Morgan fingerprint density at radius 3 is 2.18 bits per heavy atom. The van der Waals surface area contributed by atoms with E-state index in [0.717, 1.165) is 6.42 Å². The number of carbonyl (C=O) groups is 1. The van der Waals surface area contributed by atoms with E-state index < -0.39 is 12.1 Å². The number of aliphatic carboxylic acids is 1. The molecule has 0 saturated heterocycles. The average molecular weight is 160 g/mol. The topological polar surface area (TPSA) is 57.5 Å². The predicted molar refractivity (Wildman–Crippen MR) is 42.3 cm³/mol. The molecule has 0 aromatic heterocycles. The van der Waals surface area contributed by atoms with Crippen molar-refractivity contribution in [3.05, 3.63) is 0 Å². The lowest BCUT2D eigenvalue weighted by atomic mass is 9.89. The number of carboxylic acids is 1. The molecule has 3 heteroatoms.